The van der Waals surface area contributed by atoms with E-state index in [1.165, 1.54) is 0 Å². The molecule has 0 saturated carbocycles. The van der Waals surface area contributed by atoms with Crippen molar-refractivity contribution in [2.24, 2.45) is 0 Å². The second kappa shape index (κ2) is 3.12. The molecule has 5 heteroatoms. The number of nitrogens with one attached hydrogen (secondary N) is 2. The van der Waals surface area contributed by atoms with Gasteiger partial charge in [0.25, 0.3) is 5.91 Å². The van der Waals surface area contributed by atoms with Crippen LogP contribution in [-0.4, -0.2) is 23.5 Å². The summed E-state index contributed by atoms with van der Waals surface area (Å²) in [6.07, 6.45) is 1.64. The van der Waals surface area contributed by atoms with Gasteiger partial charge in [-0.2, -0.15) is 0 Å². The maximum atomic E-state index is 11.5. The maximum Gasteiger partial charge on any atom is 0.269 e. The zero-order valence-electron chi connectivity index (χ0n) is 8.92. The van der Waals surface area contributed by atoms with Gasteiger partial charge in [-0.25, -0.2) is 4.98 Å². The summed E-state index contributed by atoms with van der Waals surface area (Å²) in [5.74, 6) is 0.879. The van der Waals surface area contributed by atoms with Crippen molar-refractivity contribution in [2.45, 2.75) is 19.4 Å². The van der Waals surface area contributed by atoms with E-state index in [1.54, 1.807) is 27.1 Å². The first-order valence-corrected chi connectivity index (χ1v) is 4.71. The molecule has 0 unspecified atom stereocenters. The van der Waals surface area contributed by atoms with E-state index in [2.05, 4.69) is 15.6 Å². The number of ether oxygens (including phenoxy) is 1. The molecule has 0 aromatic carbocycles. The minimum absolute atomic E-state index is 0.181. The first kappa shape index (κ1) is 9.76. The van der Waals surface area contributed by atoms with E-state index < -0.39 is 5.60 Å². The van der Waals surface area contributed by atoms with Gasteiger partial charge in [-0.05, 0) is 13.8 Å². The Balaban J connectivity index is 2.42. The Morgan fingerprint density at radius 2 is 2.27 bits per heavy atom. The van der Waals surface area contributed by atoms with E-state index in [0.29, 0.717) is 11.6 Å². The molecule has 5 nitrogen and oxygen atoms in total. The third-order valence-electron chi connectivity index (χ3n) is 2.29. The largest absolute Gasteiger partial charge is 0.474 e. The van der Waals surface area contributed by atoms with Crippen molar-refractivity contribution in [3.63, 3.8) is 0 Å². The van der Waals surface area contributed by atoms with Gasteiger partial charge in [0.05, 0.1) is 11.9 Å². The van der Waals surface area contributed by atoms with Crippen LogP contribution in [0.15, 0.2) is 12.3 Å². The number of nitrogens with zero attached hydrogens (tertiary/aromatic N) is 1. The molecule has 15 heavy (non-hydrogen) atoms. The van der Waals surface area contributed by atoms with Crippen molar-refractivity contribution in [1.29, 1.82) is 0 Å². The molecule has 0 fully saturated rings. The Kier molecular flexibility index (Phi) is 2.03. The van der Waals surface area contributed by atoms with Gasteiger partial charge in [-0.15, -0.1) is 0 Å². The van der Waals surface area contributed by atoms with Crippen LogP contribution in [0.3, 0.4) is 0 Å². The second-order valence-electron chi connectivity index (χ2n) is 3.89. The van der Waals surface area contributed by atoms with Gasteiger partial charge in [0, 0.05) is 13.1 Å². The van der Waals surface area contributed by atoms with Gasteiger partial charge in [-0.3, -0.25) is 4.79 Å². The van der Waals surface area contributed by atoms with E-state index in [0.717, 1.165) is 5.69 Å². The number of carbonyl (C=O) groups is 1. The second-order valence-corrected chi connectivity index (χ2v) is 3.89. The lowest BCUT2D eigenvalue weighted by Crippen LogP contribution is -2.45. The average molecular weight is 207 g/mol. The van der Waals surface area contributed by atoms with Gasteiger partial charge in [-0.1, -0.05) is 0 Å². The van der Waals surface area contributed by atoms with Crippen LogP contribution in [-0.2, 0) is 4.79 Å². The van der Waals surface area contributed by atoms with E-state index in [-0.39, 0.29) is 5.91 Å². The van der Waals surface area contributed by atoms with Crippen LogP contribution in [0, 0.1) is 0 Å². The summed E-state index contributed by atoms with van der Waals surface area (Å²) < 4.78 is 5.56. The molecule has 1 aromatic heterocycles. The number of anilines is 2. The molecule has 80 valence electrons. The molecule has 2 heterocycles. The molecule has 0 bridgehead atoms. The van der Waals surface area contributed by atoms with E-state index >= 15 is 0 Å². The normalized spacial score (nSPS) is 17.4. The number of carbonyl (C=O) groups excluding carboxylic acids is 1. The molecular weight excluding hydrogens is 194 g/mol. The number of hydrogen-bond acceptors (Lipinski definition) is 4. The third-order valence-corrected chi connectivity index (χ3v) is 2.29. The molecule has 2 rings (SSSR count). The van der Waals surface area contributed by atoms with Gasteiger partial charge in [0.1, 0.15) is 0 Å². The quantitative estimate of drug-likeness (QED) is 0.727. The Morgan fingerprint density at radius 1 is 1.53 bits per heavy atom. The van der Waals surface area contributed by atoms with Crippen molar-refractivity contribution >= 4 is 17.4 Å². The first-order valence-electron chi connectivity index (χ1n) is 4.71. The Labute approximate surface area is 87.8 Å². The molecule has 0 spiro atoms. The lowest BCUT2D eigenvalue weighted by atomic mass is 10.1. The predicted molar refractivity (Wildman–Crippen MR) is 57.1 cm³/mol. The van der Waals surface area contributed by atoms with Crippen molar-refractivity contribution in [1.82, 2.24) is 4.98 Å². The van der Waals surface area contributed by atoms with Gasteiger partial charge in [0.2, 0.25) is 0 Å². The lowest BCUT2D eigenvalue weighted by Gasteiger charge is -2.30. The van der Waals surface area contributed by atoms with Crippen LogP contribution in [0.5, 0.6) is 5.75 Å². The fourth-order valence-corrected chi connectivity index (χ4v) is 1.33. The summed E-state index contributed by atoms with van der Waals surface area (Å²) in [5.41, 5.74) is 0.00168. The van der Waals surface area contributed by atoms with Crippen molar-refractivity contribution in [3.05, 3.63) is 12.3 Å². The highest BCUT2D eigenvalue weighted by atomic mass is 16.5. The number of pyridine rings is 1. The monoisotopic (exact) mass is 207 g/mol. The lowest BCUT2D eigenvalue weighted by molar-refractivity contribution is -0.129. The smallest absolute Gasteiger partial charge is 0.269 e. The van der Waals surface area contributed by atoms with Crippen LogP contribution in [0.1, 0.15) is 13.8 Å². The minimum Gasteiger partial charge on any atom is -0.474 e. The Bertz CT molecular complexity index is 415. The SMILES string of the molecule is CNc1cnc2c(c1)OC(C)(C)C(=O)N2. The summed E-state index contributed by atoms with van der Waals surface area (Å²) in [4.78, 5) is 15.6. The van der Waals surface area contributed by atoms with Crippen LogP contribution in [0.2, 0.25) is 0 Å². The topological polar surface area (TPSA) is 63.3 Å². The Morgan fingerprint density at radius 3 is 2.93 bits per heavy atom. The average Bonchev–Trinajstić information content (AvgIpc) is 2.18. The Hall–Kier alpha value is -1.78. The molecular formula is C10H13N3O2. The zero-order chi connectivity index (χ0) is 11.1. The van der Waals surface area contributed by atoms with Gasteiger partial charge >= 0.3 is 0 Å². The van der Waals surface area contributed by atoms with E-state index in [4.69, 9.17) is 4.74 Å². The van der Waals surface area contributed by atoms with Crippen molar-refractivity contribution in [2.75, 3.05) is 17.7 Å². The van der Waals surface area contributed by atoms with Crippen LogP contribution >= 0.6 is 0 Å². The standard InChI is InChI=1S/C10H13N3O2/c1-10(2)9(14)13-8-7(15-10)4-6(11-3)5-12-8/h4-5,11H,1-3H3,(H,12,13,14). The van der Waals surface area contributed by atoms with Crippen LogP contribution < -0.4 is 15.4 Å². The summed E-state index contributed by atoms with van der Waals surface area (Å²) in [6, 6.07) is 1.81. The van der Waals surface area contributed by atoms with E-state index in [9.17, 15) is 4.79 Å². The summed E-state index contributed by atoms with van der Waals surface area (Å²) in [7, 11) is 1.80. The maximum absolute atomic E-state index is 11.5. The molecule has 0 aliphatic carbocycles. The molecule has 2 N–H and O–H groups in total. The summed E-state index contributed by atoms with van der Waals surface area (Å²) in [5, 5.41) is 5.66. The predicted octanol–water partition coefficient (Wildman–Crippen LogP) is 1.23. The molecule has 1 aliphatic heterocycles. The number of fused-ring (bicyclic) bond motifs is 1. The highest BCUT2D eigenvalue weighted by Crippen LogP contribution is 2.33. The number of rotatable bonds is 1. The summed E-state index contributed by atoms with van der Waals surface area (Å²) in [6.45, 7) is 3.44. The fourth-order valence-electron chi connectivity index (χ4n) is 1.33. The molecule has 0 radical (unpaired) electrons. The first-order chi connectivity index (χ1) is 7.03. The molecule has 1 aromatic rings. The zero-order valence-corrected chi connectivity index (χ0v) is 8.92. The van der Waals surface area contributed by atoms with Gasteiger partial charge < -0.3 is 15.4 Å². The van der Waals surface area contributed by atoms with Crippen LogP contribution in [0.25, 0.3) is 0 Å². The van der Waals surface area contributed by atoms with E-state index in [1.807, 2.05) is 6.07 Å². The number of aromatic nitrogens is 1. The molecule has 1 amide bonds. The number of amides is 1. The molecule has 1 aliphatic rings. The highest BCUT2D eigenvalue weighted by molar-refractivity contribution is 5.99. The van der Waals surface area contributed by atoms with Crippen molar-refractivity contribution < 1.29 is 9.53 Å². The highest BCUT2D eigenvalue weighted by Gasteiger charge is 2.36. The fraction of sp³-hybridized carbons (Fsp3) is 0.400. The third kappa shape index (κ3) is 1.60. The number of hydrogen-bond donors (Lipinski definition) is 2. The molecule has 0 saturated heterocycles. The minimum atomic E-state index is -0.846. The summed E-state index contributed by atoms with van der Waals surface area (Å²) >= 11 is 0. The van der Waals surface area contributed by atoms with Crippen molar-refractivity contribution in [3.8, 4) is 5.75 Å². The van der Waals surface area contributed by atoms with Gasteiger partial charge in [0.15, 0.2) is 17.2 Å². The molecule has 0 atom stereocenters. The van der Waals surface area contributed by atoms with Crippen LogP contribution in [0.4, 0.5) is 11.5 Å².